The van der Waals surface area contributed by atoms with Crippen LogP contribution in [0.15, 0.2) is 78.9 Å². The molecule has 0 aliphatic rings. The van der Waals surface area contributed by atoms with E-state index in [0.717, 1.165) is 5.56 Å². The molecule has 0 fully saturated rings. The maximum atomic E-state index is 11.5. The van der Waals surface area contributed by atoms with Crippen molar-refractivity contribution in [3.63, 3.8) is 0 Å². The van der Waals surface area contributed by atoms with Crippen LogP contribution in [0.1, 0.15) is 15.9 Å². The zero-order valence-corrected chi connectivity index (χ0v) is 12.9. The van der Waals surface area contributed by atoms with Crippen LogP contribution in [0.25, 0.3) is 0 Å². The van der Waals surface area contributed by atoms with E-state index in [9.17, 15) is 9.90 Å². The van der Waals surface area contributed by atoms with E-state index in [1.54, 1.807) is 24.3 Å². The standard InChI is InChI=1S/C20H16O4/c21-20(22)18-13-17(24-16-9-5-2-6-10-16)11-12-19(18)23-14-15-7-3-1-4-8-15/h1-13H,14H2,(H,21,22). The van der Waals surface area contributed by atoms with Gasteiger partial charge >= 0.3 is 5.97 Å². The van der Waals surface area contributed by atoms with Crippen molar-refractivity contribution >= 4 is 5.97 Å². The largest absolute Gasteiger partial charge is 0.488 e. The minimum Gasteiger partial charge on any atom is -0.488 e. The van der Waals surface area contributed by atoms with Crippen molar-refractivity contribution in [3.05, 3.63) is 90.0 Å². The second kappa shape index (κ2) is 7.33. The lowest BCUT2D eigenvalue weighted by atomic mass is 10.2. The lowest BCUT2D eigenvalue weighted by Crippen LogP contribution is -2.03. The van der Waals surface area contributed by atoms with Gasteiger partial charge in [0.2, 0.25) is 0 Å². The molecule has 0 unspecified atom stereocenters. The van der Waals surface area contributed by atoms with Crippen LogP contribution >= 0.6 is 0 Å². The van der Waals surface area contributed by atoms with Gasteiger partial charge in [-0.25, -0.2) is 4.79 Å². The van der Waals surface area contributed by atoms with Crippen molar-refractivity contribution in [2.75, 3.05) is 0 Å². The molecule has 0 aromatic heterocycles. The molecule has 3 rings (SSSR count). The summed E-state index contributed by atoms with van der Waals surface area (Å²) in [7, 11) is 0. The van der Waals surface area contributed by atoms with Crippen LogP contribution in [0.5, 0.6) is 17.2 Å². The Hall–Kier alpha value is -3.27. The van der Waals surface area contributed by atoms with Crippen LogP contribution in [0, 0.1) is 0 Å². The van der Waals surface area contributed by atoms with E-state index >= 15 is 0 Å². The van der Waals surface area contributed by atoms with Crippen molar-refractivity contribution in [3.8, 4) is 17.2 Å². The summed E-state index contributed by atoms with van der Waals surface area (Å²) in [5.74, 6) is 0.348. The number of para-hydroxylation sites is 1. The summed E-state index contributed by atoms with van der Waals surface area (Å²) in [5.41, 5.74) is 1.04. The topological polar surface area (TPSA) is 55.8 Å². The summed E-state index contributed by atoms with van der Waals surface area (Å²) in [4.78, 5) is 11.5. The van der Waals surface area contributed by atoms with Gasteiger partial charge in [-0.2, -0.15) is 0 Å². The lowest BCUT2D eigenvalue weighted by Gasteiger charge is -2.11. The van der Waals surface area contributed by atoms with Crippen LogP contribution in [-0.2, 0) is 6.61 Å². The van der Waals surface area contributed by atoms with Crippen molar-refractivity contribution in [2.24, 2.45) is 0 Å². The predicted molar refractivity (Wildman–Crippen MR) is 90.7 cm³/mol. The van der Waals surface area contributed by atoms with Crippen LogP contribution in [0.4, 0.5) is 0 Å². The molecule has 24 heavy (non-hydrogen) atoms. The fourth-order valence-electron chi connectivity index (χ4n) is 2.23. The first-order chi connectivity index (χ1) is 11.7. The Balaban J connectivity index is 1.78. The van der Waals surface area contributed by atoms with Crippen molar-refractivity contribution < 1.29 is 19.4 Å². The average molecular weight is 320 g/mol. The highest BCUT2D eigenvalue weighted by atomic mass is 16.5. The fourth-order valence-corrected chi connectivity index (χ4v) is 2.23. The van der Waals surface area contributed by atoms with Gasteiger partial charge in [0.15, 0.2) is 0 Å². The lowest BCUT2D eigenvalue weighted by molar-refractivity contribution is 0.0691. The smallest absolute Gasteiger partial charge is 0.339 e. The third kappa shape index (κ3) is 3.93. The molecule has 0 amide bonds. The maximum absolute atomic E-state index is 11.5. The number of ether oxygens (including phenoxy) is 2. The predicted octanol–water partition coefficient (Wildman–Crippen LogP) is 4.76. The van der Waals surface area contributed by atoms with Gasteiger partial charge in [0.25, 0.3) is 0 Å². The number of carboxylic acid groups (broad SMARTS) is 1. The second-order valence-electron chi connectivity index (χ2n) is 5.15. The fraction of sp³-hybridized carbons (Fsp3) is 0.0500. The molecule has 0 spiro atoms. The number of benzene rings is 3. The van der Waals surface area contributed by atoms with E-state index in [1.807, 2.05) is 48.5 Å². The van der Waals surface area contributed by atoms with Crippen LogP contribution < -0.4 is 9.47 Å². The highest BCUT2D eigenvalue weighted by Crippen LogP contribution is 2.28. The molecule has 1 N–H and O–H groups in total. The summed E-state index contributed by atoms with van der Waals surface area (Å²) in [6.45, 7) is 0.306. The third-order valence-corrected chi connectivity index (χ3v) is 3.40. The number of carbonyl (C=O) groups is 1. The highest BCUT2D eigenvalue weighted by Gasteiger charge is 2.13. The van der Waals surface area contributed by atoms with Crippen molar-refractivity contribution in [2.45, 2.75) is 6.61 Å². The average Bonchev–Trinajstić information content (AvgIpc) is 2.62. The zero-order chi connectivity index (χ0) is 16.8. The van der Waals surface area contributed by atoms with Gasteiger partial charge in [-0.1, -0.05) is 48.5 Å². The Morgan fingerprint density at radius 1 is 0.833 bits per heavy atom. The first kappa shape index (κ1) is 15.6. The molecule has 0 bridgehead atoms. The molecule has 3 aromatic rings. The summed E-state index contributed by atoms with van der Waals surface area (Å²) < 4.78 is 11.3. The molecule has 4 heteroatoms. The van der Waals surface area contributed by atoms with Crippen molar-refractivity contribution in [1.29, 1.82) is 0 Å². The van der Waals surface area contributed by atoms with E-state index in [2.05, 4.69) is 0 Å². The van der Waals surface area contributed by atoms with Gasteiger partial charge in [0.05, 0.1) is 0 Å². The van der Waals surface area contributed by atoms with E-state index in [-0.39, 0.29) is 5.56 Å². The molecule has 3 aromatic carbocycles. The Morgan fingerprint density at radius 2 is 1.50 bits per heavy atom. The number of rotatable bonds is 6. The SMILES string of the molecule is O=C(O)c1cc(Oc2ccccc2)ccc1OCc1ccccc1. The number of hydrogen-bond donors (Lipinski definition) is 1. The molecule has 0 aliphatic carbocycles. The van der Waals surface area contributed by atoms with E-state index in [4.69, 9.17) is 9.47 Å². The summed E-state index contributed by atoms with van der Waals surface area (Å²) >= 11 is 0. The molecule has 0 atom stereocenters. The molecule has 120 valence electrons. The second-order valence-corrected chi connectivity index (χ2v) is 5.15. The van der Waals surface area contributed by atoms with Gasteiger partial charge in [0, 0.05) is 0 Å². The van der Waals surface area contributed by atoms with Crippen LogP contribution in [0.3, 0.4) is 0 Å². The van der Waals surface area contributed by atoms with Gasteiger partial charge in [0.1, 0.15) is 29.4 Å². The molecule has 4 nitrogen and oxygen atoms in total. The number of hydrogen-bond acceptors (Lipinski definition) is 3. The van der Waals surface area contributed by atoms with Gasteiger partial charge in [-0.15, -0.1) is 0 Å². The Morgan fingerprint density at radius 3 is 2.17 bits per heavy atom. The molecule has 0 radical (unpaired) electrons. The Bertz CT molecular complexity index is 814. The Labute approximate surface area is 139 Å². The molecule has 0 heterocycles. The normalized spacial score (nSPS) is 10.2. The molecule has 0 saturated heterocycles. The molecular formula is C20H16O4. The Kier molecular flexibility index (Phi) is 4.77. The van der Waals surface area contributed by atoms with Gasteiger partial charge < -0.3 is 14.6 Å². The highest BCUT2D eigenvalue weighted by molar-refractivity contribution is 5.91. The van der Waals surface area contributed by atoms with Gasteiger partial charge in [-0.05, 0) is 35.9 Å². The zero-order valence-electron chi connectivity index (χ0n) is 12.9. The summed E-state index contributed by atoms with van der Waals surface area (Å²) in [5, 5.41) is 9.42. The minimum atomic E-state index is -1.06. The van der Waals surface area contributed by atoms with Crippen molar-refractivity contribution in [1.82, 2.24) is 0 Å². The molecule has 0 saturated carbocycles. The van der Waals surface area contributed by atoms with Crippen LogP contribution in [0.2, 0.25) is 0 Å². The van der Waals surface area contributed by atoms with Crippen LogP contribution in [-0.4, -0.2) is 11.1 Å². The molecular weight excluding hydrogens is 304 g/mol. The van der Waals surface area contributed by atoms with Gasteiger partial charge in [-0.3, -0.25) is 0 Å². The quantitative estimate of drug-likeness (QED) is 0.711. The number of carboxylic acids is 1. The van der Waals surface area contributed by atoms with E-state index < -0.39 is 5.97 Å². The minimum absolute atomic E-state index is 0.0689. The third-order valence-electron chi connectivity index (χ3n) is 3.40. The number of aromatic carboxylic acids is 1. The van der Waals surface area contributed by atoms with E-state index in [0.29, 0.717) is 23.9 Å². The summed E-state index contributed by atoms with van der Waals surface area (Å²) in [6, 6.07) is 23.6. The summed E-state index contributed by atoms with van der Waals surface area (Å²) in [6.07, 6.45) is 0. The molecule has 0 aliphatic heterocycles. The maximum Gasteiger partial charge on any atom is 0.339 e. The monoisotopic (exact) mass is 320 g/mol. The first-order valence-electron chi connectivity index (χ1n) is 7.49. The first-order valence-corrected chi connectivity index (χ1v) is 7.49. The van der Waals surface area contributed by atoms with E-state index in [1.165, 1.54) is 6.07 Å².